The quantitative estimate of drug-likeness (QED) is 0.216. The fraction of sp³-hybridized carbons (Fsp3) is 0.409. The normalized spacial score (nSPS) is 12.0. The molecule has 0 saturated heterocycles. The molecule has 0 aromatic heterocycles. The molecule has 2 aromatic rings. The van der Waals surface area contributed by atoms with E-state index in [1.165, 1.54) is 12.1 Å². The lowest BCUT2D eigenvalue weighted by Gasteiger charge is -2.16. The summed E-state index contributed by atoms with van der Waals surface area (Å²) in [4.78, 5) is 4.53. The highest BCUT2D eigenvalue weighted by Crippen LogP contribution is 2.28. The summed E-state index contributed by atoms with van der Waals surface area (Å²) >= 11 is 0. The predicted octanol–water partition coefficient (Wildman–Crippen LogP) is 4.10. The van der Waals surface area contributed by atoms with Crippen molar-refractivity contribution in [3.05, 3.63) is 53.6 Å². The Morgan fingerprint density at radius 1 is 1.06 bits per heavy atom. The Morgan fingerprint density at radius 2 is 1.78 bits per heavy atom. The number of aliphatic hydroxyl groups excluding tert-OH is 1. The number of ether oxygens (including phenoxy) is 3. The van der Waals surface area contributed by atoms with Crippen LogP contribution in [0.15, 0.2) is 47.5 Å². The van der Waals surface area contributed by atoms with Gasteiger partial charge in [0.2, 0.25) is 0 Å². The maximum Gasteiger partial charge on any atom is 0.387 e. The number of aliphatic imine (C=N–C) groups is 1. The van der Waals surface area contributed by atoms with Crippen molar-refractivity contribution in [3.8, 4) is 17.2 Å². The van der Waals surface area contributed by atoms with Crippen LogP contribution in [0.3, 0.4) is 0 Å². The van der Waals surface area contributed by atoms with Crippen LogP contribution in [0.25, 0.3) is 0 Å². The molecule has 1 atom stereocenters. The summed E-state index contributed by atoms with van der Waals surface area (Å²) in [5.41, 5.74) is 1.51. The summed E-state index contributed by atoms with van der Waals surface area (Å²) < 4.78 is 39.7. The van der Waals surface area contributed by atoms with E-state index in [0.29, 0.717) is 42.7 Å². The third-order valence-corrected chi connectivity index (χ3v) is 4.24. The largest absolute Gasteiger partial charge is 0.493 e. The summed E-state index contributed by atoms with van der Waals surface area (Å²) in [5, 5.41) is 16.6. The van der Waals surface area contributed by atoms with Crippen LogP contribution >= 0.6 is 24.0 Å². The monoisotopic (exact) mass is 565 g/mol. The molecule has 0 fully saturated rings. The van der Waals surface area contributed by atoms with Crippen molar-refractivity contribution < 1.29 is 28.1 Å². The molecular weight excluding hydrogens is 535 g/mol. The Bertz CT molecular complexity index is 838. The van der Waals surface area contributed by atoms with Gasteiger partial charge in [0.1, 0.15) is 5.75 Å². The van der Waals surface area contributed by atoms with E-state index in [9.17, 15) is 13.9 Å². The molecular formula is C22H30F2IN3O4. The van der Waals surface area contributed by atoms with Gasteiger partial charge in [-0.15, -0.1) is 24.0 Å². The zero-order chi connectivity index (χ0) is 22.6. The first-order chi connectivity index (χ1) is 15.0. The van der Waals surface area contributed by atoms with Crippen molar-refractivity contribution >= 4 is 29.9 Å². The van der Waals surface area contributed by atoms with E-state index in [1.54, 1.807) is 19.2 Å². The molecule has 0 aliphatic rings. The smallest absolute Gasteiger partial charge is 0.387 e. The van der Waals surface area contributed by atoms with Gasteiger partial charge >= 0.3 is 6.61 Å². The van der Waals surface area contributed by atoms with Crippen LogP contribution in [0, 0.1) is 0 Å². The summed E-state index contributed by atoms with van der Waals surface area (Å²) in [7, 11) is 1.59. The number of rotatable bonds is 11. The number of alkyl halides is 2. The Kier molecular flexibility index (Phi) is 12.7. The molecule has 10 heteroatoms. The Morgan fingerprint density at radius 3 is 2.38 bits per heavy atom. The molecule has 0 amide bonds. The molecule has 0 saturated carbocycles. The maximum atomic E-state index is 12.2. The van der Waals surface area contributed by atoms with Crippen LogP contribution < -0.4 is 24.8 Å². The molecule has 0 aliphatic heterocycles. The zero-order valence-corrected chi connectivity index (χ0v) is 20.6. The van der Waals surface area contributed by atoms with Gasteiger partial charge in [-0.25, -0.2) is 4.99 Å². The standard InChI is InChI=1S/C22H29F2N3O4.HI/c1-4-25-22(26-13-15-6-11-19(30-5-2)20(12-15)29-3)27-14-18(28)16-7-9-17(10-8-16)31-21(23)24;/h6-12,18,21,28H,4-5,13-14H2,1-3H3,(H2,25,26,27);1H. The van der Waals surface area contributed by atoms with Gasteiger partial charge in [-0.3, -0.25) is 0 Å². The Hall–Kier alpha value is -2.34. The number of hydrogen-bond acceptors (Lipinski definition) is 5. The van der Waals surface area contributed by atoms with Crippen molar-refractivity contribution in [3.63, 3.8) is 0 Å². The van der Waals surface area contributed by atoms with Gasteiger partial charge in [0.05, 0.1) is 26.4 Å². The lowest BCUT2D eigenvalue weighted by Crippen LogP contribution is -2.39. The fourth-order valence-corrected chi connectivity index (χ4v) is 2.78. The van der Waals surface area contributed by atoms with E-state index in [4.69, 9.17) is 9.47 Å². The SMILES string of the molecule is CCNC(=NCc1ccc(OCC)c(OC)c1)NCC(O)c1ccc(OC(F)F)cc1.I. The number of aliphatic hydroxyl groups is 1. The van der Waals surface area contributed by atoms with Crippen LogP contribution in [0.5, 0.6) is 17.2 Å². The molecule has 1 unspecified atom stereocenters. The molecule has 3 N–H and O–H groups in total. The van der Waals surface area contributed by atoms with Crippen LogP contribution in [-0.2, 0) is 6.54 Å². The number of benzene rings is 2. The number of methoxy groups -OCH3 is 1. The van der Waals surface area contributed by atoms with Gasteiger partial charge in [0, 0.05) is 13.1 Å². The first-order valence-electron chi connectivity index (χ1n) is 10.0. The first kappa shape index (κ1) is 27.7. The molecule has 178 valence electrons. The molecule has 0 bridgehead atoms. The Labute approximate surface area is 204 Å². The first-order valence-corrected chi connectivity index (χ1v) is 10.0. The highest BCUT2D eigenvalue weighted by molar-refractivity contribution is 14.0. The van der Waals surface area contributed by atoms with Crippen molar-refractivity contribution in [1.82, 2.24) is 10.6 Å². The second kappa shape index (κ2) is 14.7. The molecule has 2 aromatic carbocycles. The molecule has 0 radical (unpaired) electrons. The van der Waals surface area contributed by atoms with E-state index in [-0.39, 0.29) is 36.3 Å². The highest BCUT2D eigenvalue weighted by Gasteiger charge is 2.11. The Balaban J connectivity index is 0.00000512. The van der Waals surface area contributed by atoms with Gasteiger partial charge in [-0.05, 0) is 49.2 Å². The van der Waals surface area contributed by atoms with Gasteiger partial charge in [-0.2, -0.15) is 8.78 Å². The van der Waals surface area contributed by atoms with Crippen molar-refractivity contribution in [2.24, 2.45) is 4.99 Å². The minimum Gasteiger partial charge on any atom is -0.493 e. The molecule has 32 heavy (non-hydrogen) atoms. The molecule has 0 spiro atoms. The third-order valence-electron chi connectivity index (χ3n) is 4.24. The second-order valence-electron chi connectivity index (χ2n) is 6.46. The number of halogens is 3. The minimum absolute atomic E-state index is 0. The van der Waals surface area contributed by atoms with Crippen molar-refractivity contribution in [1.29, 1.82) is 0 Å². The lowest BCUT2D eigenvalue weighted by molar-refractivity contribution is -0.0498. The van der Waals surface area contributed by atoms with Crippen molar-refractivity contribution in [2.45, 2.75) is 33.1 Å². The van der Waals surface area contributed by atoms with E-state index >= 15 is 0 Å². The van der Waals surface area contributed by atoms with Crippen LogP contribution in [0.4, 0.5) is 8.78 Å². The third kappa shape index (κ3) is 9.03. The van der Waals surface area contributed by atoms with Gasteiger partial charge < -0.3 is 30.0 Å². The maximum absolute atomic E-state index is 12.2. The molecule has 7 nitrogen and oxygen atoms in total. The number of nitrogens with one attached hydrogen (secondary N) is 2. The molecule has 0 heterocycles. The predicted molar refractivity (Wildman–Crippen MR) is 130 cm³/mol. The van der Waals surface area contributed by atoms with E-state index in [0.717, 1.165) is 5.56 Å². The van der Waals surface area contributed by atoms with Gasteiger partial charge in [0.15, 0.2) is 17.5 Å². The zero-order valence-electron chi connectivity index (χ0n) is 18.3. The van der Waals surface area contributed by atoms with Crippen molar-refractivity contribution in [2.75, 3.05) is 26.8 Å². The van der Waals surface area contributed by atoms with Crippen LogP contribution in [0.2, 0.25) is 0 Å². The molecule has 0 aliphatic carbocycles. The minimum atomic E-state index is -2.88. The number of guanidine groups is 1. The summed E-state index contributed by atoms with van der Waals surface area (Å²) in [6.45, 7) is 2.75. The summed E-state index contributed by atoms with van der Waals surface area (Å²) in [6, 6.07) is 11.5. The lowest BCUT2D eigenvalue weighted by atomic mass is 10.1. The van der Waals surface area contributed by atoms with Gasteiger partial charge in [0.25, 0.3) is 0 Å². The van der Waals surface area contributed by atoms with E-state index in [1.807, 2.05) is 32.0 Å². The molecule has 2 rings (SSSR count). The van der Waals surface area contributed by atoms with Crippen LogP contribution in [-0.4, -0.2) is 44.5 Å². The highest BCUT2D eigenvalue weighted by atomic mass is 127. The average Bonchev–Trinajstić information content (AvgIpc) is 2.76. The second-order valence-corrected chi connectivity index (χ2v) is 6.46. The number of hydrogen-bond donors (Lipinski definition) is 3. The number of nitrogens with zero attached hydrogens (tertiary/aromatic N) is 1. The summed E-state index contributed by atoms with van der Waals surface area (Å²) in [5.74, 6) is 1.89. The van der Waals surface area contributed by atoms with E-state index < -0.39 is 12.7 Å². The van der Waals surface area contributed by atoms with E-state index in [2.05, 4.69) is 20.4 Å². The van der Waals surface area contributed by atoms with Gasteiger partial charge in [-0.1, -0.05) is 18.2 Å². The van der Waals surface area contributed by atoms with Crippen LogP contribution in [0.1, 0.15) is 31.1 Å². The fourth-order valence-electron chi connectivity index (χ4n) is 2.78. The summed E-state index contributed by atoms with van der Waals surface area (Å²) in [6.07, 6.45) is -0.852. The average molecular weight is 565 g/mol. The topological polar surface area (TPSA) is 84.3 Å².